The first-order valence-electron chi connectivity index (χ1n) is 7.34. The maximum Gasteiger partial charge on any atom is 0.251 e. The van der Waals surface area contributed by atoms with E-state index in [9.17, 15) is 13.2 Å². The minimum Gasteiger partial charge on any atom is -0.349 e. The standard InChI is InChI=1S/C15H22N2O3S/c1-2-11-5-3-7-13(9-11)17-15(18)12-6-4-8-14(10-12)21(16,19)20/h4,6,8,10-11,13H,2-3,5,7,9H2,1H3,(H,17,18)(H2,16,19,20). The molecule has 1 saturated carbocycles. The van der Waals surface area contributed by atoms with E-state index < -0.39 is 10.0 Å². The van der Waals surface area contributed by atoms with E-state index >= 15 is 0 Å². The van der Waals surface area contributed by atoms with Crippen LogP contribution in [0.25, 0.3) is 0 Å². The lowest BCUT2D eigenvalue weighted by Crippen LogP contribution is -2.38. The number of carbonyl (C=O) groups excluding carboxylic acids is 1. The van der Waals surface area contributed by atoms with Gasteiger partial charge in [-0.05, 0) is 37.0 Å². The zero-order chi connectivity index (χ0) is 15.5. The van der Waals surface area contributed by atoms with Crippen LogP contribution in [0.5, 0.6) is 0 Å². The molecule has 2 atom stereocenters. The Labute approximate surface area is 126 Å². The molecule has 1 aromatic rings. The van der Waals surface area contributed by atoms with Crippen LogP contribution in [0, 0.1) is 5.92 Å². The Kier molecular flexibility index (Phi) is 5.00. The van der Waals surface area contributed by atoms with Crippen LogP contribution in [0.2, 0.25) is 0 Å². The number of nitrogens with one attached hydrogen (secondary N) is 1. The number of carbonyl (C=O) groups is 1. The van der Waals surface area contributed by atoms with E-state index in [1.165, 1.54) is 24.6 Å². The first-order valence-corrected chi connectivity index (χ1v) is 8.88. The van der Waals surface area contributed by atoms with Gasteiger partial charge in [0.15, 0.2) is 0 Å². The molecule has 0 bridgehead atoms. The highest BCUT2D eigenvalue weighted by Crippen LogP contribution is 2.26. The van der Waals surface area contributed by atoms with Gasteiger partial charge in [0.2, 0.25) is 10.0 Å². The average molecular weight is 310 g/mol. The molecular formula is C15H22N2O3S. The van der Waals surface area contributed by atoms with Crippen LogP contribution in [0.4, 0.5) is 0 Å². The number of hydrogen-bond donors (Lipinski definition) is 2. The second kappa shape index (κ2) is 6.58. The van der Waals surface area contributed by atoms with Crippen LogP contribution in [0.1, 0.15) is 49.4 Å². The molecule has 0 radical (unpaired) electrons. The summed E-state index contributed by atoms with van der Waals surface area (Å²) >= 11 is 0. The minimum atomic E-state index is -3.78. The van der Waals surface area contributed by atoms with Crippen molar-refractivity contribution in [3.63, 3.8) is 0 Å². The lowest BCUT2D eigenvalue weighted by molar-refractivity contribution is 0.0919. The molecule has 1 aromatic carbocycles. The van der Waals surface area contributed by atoms with Crippen LogP contribution in [0.15, 0.2) is 29.2 Å². The normalized spacial score (nSPS) is 22.8. The van der Waals surface area contributed by atoms with Crippen molar-refractivity contribution >= 4 is 15.9 Å². The Balaban J connectivity index is 2.07. The van der Waals surface area contributed by atoms with Crippen molar-refractivity contribution in [2.75, 3.05) is 0 Å². The SMILES string of the molecule is CCC1CCCC(NC(=O)c2cccc(S(N)(=O)=O)c2)C1. The molecule has 21 heavy (non-hydrogen) atoms. The molecule has 0 spiro atoms. The zero-order valence-electron chi connectivity index (χ0n) is 12.2. The summed E-state index contributed by atoms with van der Waals surface area (Å²) in [7, 11) is -3.78. The number of sulfonamides is 1. The highest BCUT2D eigenvalue weighted by molar-refractivity contribution is 7.89. The van der Waals surface area contributed by atoms with Gasteiger partial charge in [0.25, 0.3) is 5.91 Å². The number of primary sulfonamides is 1. The smallest absolute Gasteiger partial charge is 0.251 e. The van der Waals surface area contributed by atoms with Crippen LogP contribution < -0.4 is 10.5 Å². The van der Waals surface area contributed by atoms with E-state index in [1.54, 1.807) is 6.07 Å². The summed E-state index contributed by atoms with van der Waals surface area (Å²) in [6.45, 7) is 2.17. The van der Waals surface area contributed by atoms with Gasteiger partial charge in [-0.1, -0.05) is 32.3 Å². The Hall–Kier alpha value is -1.40. The monoisotopic (exact) mass is 310 g/mol. The summed E-state index contributed by atoms with van der Waals surface area (Å²) < 4.78 is 22.7. The second-order valence-corrected chi connectivity index (χ2v) is 7.25. The molecular weight excluding hydrogens is 288 g/mol. The number of rotatable bonds is 4. The van der Waals surface area contributed by atoms with Crippen LogP contribution in [-0.2, 0) is 10.0 Å². The molecule has 6 heteroatoms. The van der Waals surface area contributed by atoms with E-state index in [2.05, 4.69) is 12.2 Å². The van der Waals surface area contributed by atoms with Gasteiger partial charge in [0, 0.05) is 11.6 Å². The predicted octanol–water partition coefficient (Wildman–Crippen LogP) is 2.03. The summed E-state index contributed by atoms with van der Waals surface area (Å²) in [5.41, 5.74) is 0.333. The molecule has 2 unspecified atom stereocenters. The first kappa shape index (κ1) is 16.0. The molecule has 0 heterocycles. The van der Waals surface area contributed by atoms with E-state index in [1.807, 2.05) is 0 Å². The Bertz CT molecular complexity index is 613. The Morgan fingerprint density at radius 1 is 1.38 bits per heavy atom. The summed E-state index contributed by atoms with van der Waals surface area (Å²) in [6.07, 6.45) is 5.46. The van der Waals surface area contributed by atoms with Crippen molar-refractivity contribution < 1.29 is 13.2 Å². The summed E-state index contributed by atoms with van der Waals surface area (Å²) in [4.78, 5) is 12.2. The fourth-order valence-corrected chi connectivity index (χ4v) is 3.44. The van der Waals surface area contributed by atoms with Crippen molar-refractivity contribution in [2.24, 2.45) is 11.1 Å². The fourth-order valence-electron chi connectivity index (χ4n) is 2.88. The van der Waals surface area contributed by atoms with Gasteiger partial charge in [-0.25, -0.2) is 13.6 Å². The highest BCUT2D eigenvalue weighted by atomic mass is 32.2. The van der Waals surface area contributed by atoms with E-state index in [-0.39, 0.29) is 16.8 Å². The molecule has 2 rings (SSSR count). The quantitative estimate of drug-likeness (QED) is 0.891. The molecule has 1 aliphatic carbocycles. The first-order chi connectivity index (χ1) is 9.90. The van der Waals surface area contributed by atoms with E-state index in [0.29, 0.717) is 11.5 Å². The molecule has 1 fully saturated rings. The van der Waals surface area contributed by atoms with Crippen LogP contribution in [-0.4, -0.2) is 20.4 Å². The maximum absolute atomic E-state index is 12.2. The fraction of sp³-hybridized carbons (Fsp3) is 0.533. The van der Waals surface area contributed by atoms with Crippen molar-refractivity contribution in [1.29, 1.82) is 0 Å². The minimum absolute atomic E-state index is 0.0368. The molecule has 116 valence electrons. The van der Waals surface area contributed by atoms with E-state index in [4.69, 9.17) is 5.14 Å². The largest absolute Gasteiger partial charge is 0.349 e. The zero-order valence-corrected chi connectivity index (χ0v) is 13.0. The predicted molar refractivity (Wildman–Crippen MR) is 81.3 cm³/mol. The van der Waals surface area contributed by atoms with Gasteiger partial charge in [0.05, 0.1) is 4.90 Å². The lowest BCUT2D eigenvalue weighted by atomic mass is 9.84. The third-order valence-corrected chi connectivity index (χ3v) is 5.03. The van der Waals surface area contributed by atoms with Gasteiger partial charge >= 0.3 is 0 Å². The Morgan fingerprint density at radius 2 is 2.14 bits per heavy atom. The molecule has 3 N–H and O–H groups in total. The van der Waals surface area contributed by atoms with E-state index in [0.717, 1.165) is 25.7 Å². The maximum atomic E-state index is 12.2. The summed E-state index contributed by atoms with van der Waals surface area (Å²) in [6, 6.07) is 6.02. The molecule has 0 saturated heterocycles. The highest BCUT2D eigenvalue weighted by Gasteiger charge is 2.22. The third-order valence-electron chi connectivity index (χ3n) is 4.12. The molecule has 0 aromatic heterocycles. The number of hydrogen-bond acceptors (Lipinski definition) is 3. The second-order valence-electron chi connectivity index (χ2n) is 5.68. The van der Waals surface area contributed by atoms with Crippen molar-refractivity contribution in [3.8, 4) is 0 Å². The van der Waals surface area contributed by atoms with Crippen LogP contribution >= 0.6 is 0 Å². The number of amides is 1. The van der Waals surface area contributed by atoms with Gasteiger partial charge < -0.3 is 5.32 Å². The number of benzene rings is 1. The van der Waals surface area contributed by atoms with Gasteiger partial charge in [-0.15, -0.1) is 0 Å². The van der Waals surface area contributed by atoms with Crippen molar-refractivity contribution in [2.45, 2.75) is 50.0 Å². The molecule has 1 aliphatic rings. The molecule has 1 amide bonds. The Morgan fingerprint density at radius 3 is 2.81 bits per heavy atom. The van der Waals surface area contributed by atoms with Crippen molar-refractivity contribution in [3.05, 3.63) is 29.8 Å². The number of nitrogens with two attached hydrogens (primary N) is 1. The van der Waals surface area contributed by atoms with Crippen molar-refractivity contribution in [1.82, 2.24) is 5.32 Å². The van der Waals surface area contributed by atoms with Gasteiger partial charge in [-0.3, -0.25) is 4.79 Å². The summed E-state index contributed by atoms with van der Waals surface area (Å²) in [5, 5.41) is 8.09. The topological polar surface area (TPSA) is 89.3 Å². The summed E-state index contributed by atoms with van der Waals surface area (Å²) in [5.74, 6) is 0.432. The molecule has 5 nitrogen and oxygen atoms in total. The molecule has 0 aliphatic heterocycles. The van der Waals surface area contributed by atoms with Gasteiger partial charge in [-0.2, -0.15) is 0 Å². The third kappa shape index (κ3) is 4.28. The van der Waals surface area contributed by atoms with Gasteiger partial charge in [0.1, 0.15) is 0 Å². The average Bonchev–Trinajstić information content (AvgIpc) is 2.46. The van der Waals surface area contributed by atoms with Crippen LogP contribution in [0.3, 0.4) is 0 Å². The lowest BCUT2D eigenvalue weighted by Gasteiger charge is -2.29.